The van der Waals surface area contributed by atoms with Gasteiger partial charge in [0.1, 0.15) is 0 Å². The molecule has 0 radical (unpaired) electrons. The quantitative estimate of drug-likeness (QED) is 0.191. The zero-order valence-corrected chi connectivity index (χ0v) is 25.6. The molecule has 0 amide bonds. The molecule has 2 aliphatic heterocycles. The van der Waals surface area contributed by atoms with Gasteiger partial charge in [-0.1, -0.05) is 111 Å². The molecule has 0 saturated heterocycles. The number of para-hydroxylation sites is 2. The lowest BCUT2D eigenvalue weighted by molar-refractivity contribution is 0.598. The summed E-state index contributed by atoms with van der Waals surface area (Å²) in [5.41, 5.74) is 9.96. The van der Waals surface area contributed by atoms with Crippen LogP contribution in [0.25, 0.3) is 60.9 Å². The standard InChI is InChI=1S/C38H27NO2SSi/c1-43(2)37-27(26-15-11-23-35-36(26)30-14-5-8-22-34(30)42(35,40)41)16-9-17-28(37)29-18-10-21-33(38(29)43)39-31-19-6-3-12-24(31)25-13-4-7-20-32(25)39/h3-23H,1-2H3/q-1. The Balaban J connectivity index is 1.34. The maximum Gasteiger partial charge on any atom is 0.207 e. The molecule has 0 aliphatic carbocycles. The highest BCUT2D eigenvalue weighted by Gasteiger charge is 2.37. The van der Waals surface area contributed by atoms with Crippen molar-refractivity contribution >= 4 is 50.1 Å². The van der Waals surface area contributed by atoms with E-state index < -0.39 is 17.9 Å². The van der Waals surface area contributed by atoms with Crippen LogP contribution in [0.2, 0.25) is 13.1 Å². The molecule has 0 spiro atoms. The Bertz CT molecular complexity index is 2400. The summed E-state index contributed by atoms with van der Waals surface area (Å²) in [4.78, 5) is 0.809. The third kappa shape index (κ3) is 3.10. The zero-order chi connectivity index (χ0) is 29.1. The largest absolute Gasteiger partial charge is 0.312 e. The van der Waals surface area contributed by atoms with Gasteiger partial charge in [-0.3, -0.25) is 0 Å². The van der Waals surface area contributed by atoms with Crippen LogP contribution in [0.4, 0.5) is 0 Å². The van der Waals surface area contributed by atoms with Crippen molar-refractivity contribution in [1.82, 2.24) is 4.57 Å². The molecule has 1 aromatic heterocycles. The third-order valence-corrected chi connectivity index (χ3v) is 14.9. The van der Waals surface area contributed by atoms with Gasteiger partial charge in [0.25, 0.3) is 0 Å². The van der Waals surface area contributed by atoms with E-state index in [2.05, 4.69) is 109 Å². The van der Waals surface area contributed by atoms with E-state index >= 15 is 0 Å². The van der Waals surface area contributed by atoms with Crippen molar-refractivity contribution in [3.05, 3.63) is 127 Å². The summed E-state index contributed by atoms with van der Waals surface area (Å²) in [7, 11) is -5.88. The number of hydrogen-bond donors (Lipinski definition) is 0. The van der Waals surface area contributed by atoms with Crippen LogP contribution in [-0.2, 0) is 9.84 Å². The van der Waals surface area contributed by atoms with Crippen LogP contribution in [0.15, 0.2) is 137 Å². The average molecular weight is 590 g/mol. The van der Waals surface area contributed by atoms with Crippen molar-refractivity contribution < 1.29 is 8.42 Å². The molecule has 5 heteroatoms. The van der Waals surface area contributed by atoms with E-state index in [1.165, 1.54) is 49.0 Å². The Morgan fingerprint density at radius 3 is 1.70 bits per heavy atom. The van der Waals surface area contributed by atoms with Gasteiger partial charge in [0.05, 0.1) is 20.8 Å². The fourth-order valence-electron chi connectivity index (χ4n) is 7.87. The minimum Gasteiger partial charge on any atom is -0.312 e. The monoisotopic (exact) mass is 589 g/mol. The number of hydrogen-bond acceptors (Lipinski definition) is 2. The van der Waals surface area contributed by atoms with Gasteiger partial charge in [-0.15, -0.1) is 5.19 Å². The second kappa shape index (κ2) is 8.44. The van der Waals surface area contributed by atoms with Gasteiger partial charge in [0, 0.05) is 27.6 Å². The van der Waals surface area contributed by atoms with Crippen molar-refractivity contribution in [3.63, 3.8) is 0 Å². The highest BCUT2D eigenvalue weighted by molar-refractivity contribution is 7.92. The van der Waals surface area contributed by atoms with E-state index in [9.17, 15) is 8.42 Å². The number of rotatable bonds is 2. The first-order chi connectivity index (χ1) is 20.9. The zero-order valence-electron chi connectivity index (χ0n) is 23.8. The Hall–Kier alpha value is -4.71. The summed E-state index contributed by atoms with van der Waals surface area (Å²) in [5.74, 6) is 0. The number of fused-ring (bicyclic) bond motifs is 9. The van der Waals surface area contributed by atoms with Gasteiger partial charge in [-0.05, 0) is 47.0 Å². The summed E-state index contributed by atoms with van der Waals surface area (Å²) in [6, 6.07) is 43.9. The second-order valence-corrected chi connectivity index (χ2v) is 18.2. The fraction of sp³-hybridized carbons (Fsp3) is 0.0526. The van der Waals surface area contributed by atoms with Gasteiger partial charge in [-0.25, -0.2) is 8.42 Å². The first kappa shape index (κ1) is 24.8. The fourth-order valence-corrected chi connectivity index (χ4v) is 13.3. The van der Waals surface area contributed by atoms with E-state index in [-0.39, 0.29) is 0 Å². The van der Waals surface area contributed by atoms with Gasteiger partial charge in [0.2, 0.25) is 9.84 Å². The molecule has 3 nitrogen and oxygen atoms in total. The molecular formula is C38H27NO2SSi-. The Morgan fingerprint density at radius 1 is 0.488 bits per heavy atom. The van der Waals surface area contributed by atoms with Crippen molar-refractivity contribution in [2.24, 2.45) is 0 Å². The molecule has 0 unspecified atom stereocenters. The van der Waals surface area contributed by atoms with Crippen molar-refractivity contribution in [3.8, 4) is 39.1 Å². The molecule has 3 heterocycles. The molecule has 0 saturated carbocycles. The lowest BCUT2D eigenvalue weighted by Crippen LogP contribution is -2.51. The molecule has 0 atom stereocenters. The van der Waals surface area contributed by atoms with E-state index in [1.54, 1.807) is 12.1 Å². The minimum atomic E-state index is -3.56. The predicted molar refractivity (Wildman–Crippen MR) is 179 cm³/mol. The number of sulfone groups is 1. The molecular weight excluding hydrogens is 563 g/mol. The van der Waals surface area contributed by atoms with E-state index in [1.807, 2.05) is 24.3 Å². The van der Waals surface area contributed by atoms with Gasteiger partial charge >= 0.3 is 0 Å². The first-order valence-corrected chi connectivity index (χ1v) is 19.1. The summed E-state index contributed by atoms with van der Waals surface area (Å²) in [6.07, 6.45) is 0. The van der Waals surface area contributed by atoms with Crippen LogP contribution >= 0.6 is 0 Å². The average Bonchev–Trinajstić information content (AvgIpc) is 3.59. The maximum atomic E-state index is 13.6. The Kier molecular flexibility index (Phi) is 4.87. The molecule has 2 aliphatic rings. The number of benzene rings is 6. The molecule has 6 aromatic carbocycles. The molecule has 43 heavy (non-hydrogen) atoms. The lowest BCUT2D eigenvalue weighted by Gasteiger charge is -2.36. The normalized spacial score (nSPS) is 15.3. The topological polar surface area (TPSA) is 39.1 Å². The van der Waals surface area contributed by atoms with Crippen LogP contribution in [0.3, 0.4) is 0 Å². The molecule has 9 rings (SSSR count). The van der Waals surface area contributed by atoms with Crippen LogP contribution < -0.4 is 10.4 Å². The van der Waals surface area contributed by atoms with Crippen LogP contribution in [0.5, 0.6) is 0 Å². The summed E-state index contributed by atoms with van der Waals surface area (Å²) in [6.45, 7) is 4.90. The first-order valence-electron chi connectivity index (χ1n) is 14.6. The smallest absolute Gasteiger partial charge is 0.207 e. The second-order valence-electron chi connectivity index (χ2n) is 12.1. The van der Waals surface area contributed by atoms with Crippen molar-refractivity contribution in [2.45, 2.75) is 22.9 Å². The van der Waals surface area contributed by atoms with Crippen molar-refractivity contribution in [2.75, 3.05) is 0 Å². The van der Waals surface area contributed by atoms with Gasteiger partial charge in [0.15, 0.2) is 0 Å². The minimum absolute atomic E-state index is 0.401. The SMILES string of the molecule is C[Si-]1(C)c2c(-c3cccc4c3-c3ccccc3S4(=O)=O)cccc2-c2cccc(-n3c4ccccc4c4ccccc43)c21. The third-order valence-electron chi connectivity index (χ3n) is 9.52. The summed E-state index contributed by atoms with van der Waals surface area (Å²) >= 11 is 0. The van der Waals surface area contributed by atoms with Crippen LogP contribution in [-0.4, -0.2) is 21.1 Å². The molecule has 0 bridgehead atoms. The molecule has 7 aromatic rings. The van der Waals surface area contributed by atoms with E-state index in [4.69, 9.17) is 0 Å². The maximum absolute atomic E-state index is 13.6. The highest BCUT2D eigenvalue weighted by Crippen LogP contribution is 2.48. The van der Waals surface area contributed by atoms with E-state index in [0.29, 0.717) is 9.79 Å². The molecule has 0 N–H and O–H groups in total. The highest BCUT2D eigenvalue weighted by atomic mass is 32.2. The lowest BCUT2D eigenvalue weighted by atomic mass is 9.92. The van der Waals surface area contributed by atoms with Crippen LogP contribution in [0.1, 0.15) is 0 Å². The summed E-state index contributed by atoms with van der Waals surface area (Å²) in [5, 5.41) is 5.30. The van der Waals surface area contributed by atoms with E-state index in [0.717, 1.165) is 22.3 Å². The number of nitrogens with zero attached hydrogens (tertiary/aromatic N) is 1. The summed E-state index contributed by atoms with van der Waals surface area (Å²) < 4.78 is 29.6. The van der Waals surface area contributed by atoms with Gasteiger partial charge < -0.3 is 4.57 Å². The predicted octanol–water partition coefficient (Wildman–Crippen LogP) is 8.07. The van der Waals surface area contributed by atoms with Crippen LogP contribution in [0, 0.1) is 0 Å². The van der Waals surface area contributed by atoms with Crippen molar-refractivity contribution in [1.29, 1.82) is 0 Å². The Morgan fingerprint density at radius 2 is 0.977 bits per heavy atom. The Labute approximate surface area is 251 Å². The number of aromatic nitrogens is 1. The molecule has 0 fully saturated rings. The molecule has 207 valence electrons. The van der Waals surface area contributed by atoms with Gasteiger partial charge in [-0.2, -0.15) is 18.3 Å².